The molecular weight excluding hydrogens is 380 g/mol. The van der Waals surface area contributed by atoms with Crippen molar-refractivity contribution in [3.63, 3.8) is 0 Å². The maximum atomic E-state index is 11.2. The number of aromatic amines is 2. The molecule has 6 N–H and O–H groups in total. The van der Waals surface area contributed by atoms with Gasteiger partial charge in [-0.15, -0.1) is 0 Å². The number of hydrogen-bond donors (Lipinski definition) is 6. The second-order valence-corrected chi connectivity index (χ2v) is 7.94. The SMILES string of the molecule is CNCCc1c[nH]c2ccc(-c3[nH]c4ccc(O)c(O)c4c3CCN(C)C)c(O)c12. The van der Waals surface area contributed by atoms with Gasteiger partial charge in [0, 0.05) is 34.6 Å². The van der Waals surface area contributed by atoms with Crippen LogP contribution in [0.25, 0.3) is 33.1 Å². The number of nitrogens with one attached hydrogen (secondary N) is 3. The van der Waals surface area contributed by atoms with Gasteiger partial charge in [0.1, 0.15) is 5.75 Å². The minimum atomic E-state index is -0.154. The molecule has 0 atom stereocenters. The molecule has 0 aliphatic rings. The molecule has 0 saturated carbocycles. The Kier molecular flexibility index (Phi) is 5.32. The number of hydrogen-bond acceptors (Lipinski definition) is 5. The molecule has 2 aromatic carbocycles. The highest BCUT2D eigenvalue weighted by molar-refractivity contribution is 6.01. The van der Waals surface area contributed by atoms with Gasteiger partial charge in [0.15, 0.2) is 11.5 Å². The van der Waals surface area contributed by atoms with Crippen LogP contribution in [0, 0.1) is 0 Å². The molecule has 0 unspecified atom stereocenters. The molecule has 4 aromatic rings. The molecule has 2 aromatic heterocycles. The predicted molar refractivity (Wildman–Crippen MR) is 120 cm³/mol. The van der Waals surface area contributed by atoms with Crippen molar-refractivity contribution in [2.45, 2.75) is 12.8 Å². The Bertz CT molecular complexity index is 1210. The van der Waals surface area contributed by atoms with Crippen LogP contribution in [-0.2, 0) is 12.8 Å². The number of aromatic nitrogens is 2. The first-order valence-corrected chi connectivity index (χ1v) is 10.1. The van der Waals surface area contributed by atoms with Crippen molar-refractivity contribution in [3.8, 4) is 28.5 Å². The Labute approximate surface area is 175 Å². The van der Waals surface area contributed by atoms with E-state index in [0.29, 0.717) is 17.4 Å². The Morgan fingerprint density at radius 3 is 2.43 bits per heavy atom. The number of nitrogens with zero attached hydrogens (tertiary/aromatic N) is 1. The number of phenols is 3. The van der Waals surface area contributed by atoms with Gasteiger partial charge >= 0.3 is 0 Å². The lowest BCUT2D eigenvalue weighted by Gasteiger charge is -2.13. The molecule has 0 spiro atoms. The monoisotopic (exact) mass is 408 g/mol. The number of likely N-dealkylation sites (N-methyl/N-ethyl adjacent to an activating group) is 2. The summed E-state index contributed by atoms with van der Waals surface area (Å²) in [5.41, 5.74) is 4.95. The molecule has 7 nitrogen and oxygen atoms in total. The number of fused-ring (bicyclic) bond motifs is 2. The fourth-order valence-corrected chi connectivity index (χ4v) is 4.07. The summed E-state index contributed by atoms with van der Waals surface area (Å²) in [7, 11) is 5.88. The molecule has 0 aliphatic heterocycles. The van der Waals surface area contributed by atoms with Crippen LogP contribution in [0.4, 0.5) is 0 Å². The molecule has 7 heteroatoms. The maximum absolute atomic E-state index is 11.2. The third-order valence-corrected chi connectivity index (χ3v) is 5.64. The fraction of sp³-hybridized carbons (Fsp3) is 0.304. The Morgan fingerprint density at radius 2 is 1.70 bits per heavy atom. The first-order valence-electron chi connectivity index (χ1n) is 10.1. The van der Waals surface area contributed by atoms with Crippen molar-refractivity contribution < 1.29 is 15.3 Å². The van der Waals surface area contributed by atoms with Crippen LogP contribution in [0.15, 0.2) is 30.5 Å². The van der Waals surface area contributed by atoms with Crippen molar-refractivity contribution in [3.05, 3.63) is 41.6 Å². The second kappa shape index (κ2) is 7.93. The van der Waals surface area contributed by atoms with Crippen LogP contribution in [-0.4, -0.2) is 64.4 Å². The molecule has 0 radical (unpaired) electrons. The van der Waals surface area contributed by atoms with Crippen LogP contribution in [0.2, 0.25) is 0 Å². The van der Waals surface area contributed by atoms with Crippen molar-refractivity contribution in [1.29, 1.82) is 0 Å². The third kappa shape index (κ3) is 3.36. The standard InChI is InChI=1S/C23H28N4O3/c1-24-10-8-13-12-25-16-5-4-15(22(29)19(13)16)21-14(9-11-27(2)3)20-17(26-21)6-7-18(28)23(20)30/h4-7,12,24-26,28-30H,8-11H2,1-3H3. The lowest BCUT2D eigenvalue weighted by molar-refractivity contribution is 0.406. The first-order chi connectivity index (χ1) is 14.4. The molecule has 30 heavy (non-hydrogen) atoms. The molecule has 0 fully saturated rings. The number of phenolic OH excluding ortho intramolecular Hbond substituents is 3. The van der Waals surface area contributed by atoms with Gasteiger partial charge in [-0.3, -0.25) is 0 Å². The van der Waals surface area contributed by atoms with E-state index in [9.17, 15) is 15.3 Å². The molecular formula is C23H28N4O3. The number of H-pyrrole nitrogens is 2. The Morgan fingerprint density at radius 1 is 0.933 bits per heavy atom. The van der Waals surface area contributed by atoms with E-state index in [2.05, 4.69) is 20.2 Å². The van der Waals surface area contributed by atoms with E-state index in [1.165, 1.54) is 6.07 Å². The summed E-state index contributed by atoms with van der Waals surface area (Å²) in [6.45, 7) is 1.57. The summed E-state index contributed by atoms with van der Waals surface area (Å²) in [4.78, 5) is 8.66. The number of aromatic hydroxyl groups is 3. The van der Waals surface area contributed by atoms with E-state index in [1.807, 2.05) is 39.5 Å². The molecule has 158 valence electrons. The van der Waals surface area contributed by atoms with E-state index in [0.717, 1.165) is 52.8 Å². The van der Waals surface area contributed by atoms with Gasteiger partial charge in [0.05, 0.1) is 11.2 Å². The van der Waals surface area contributed by atoms with Gasteiger partial charge < -0.3 is 35.5 Å². The van der Waals surface area contributed by atoms with Crippen molar-refractivity contribution in [2.24, 2.45) is 0 Å². The first kappa shape index (κ1) is 20.1. The smallest absolute Gasteiger partial charge is 0.167 e. The number of benzene rings is 2. The molecule has 2 heterocycles. The van der Waals surface area contributed by atoms with E-state index in [4.69, 9.17) is 0 Å². The van der Waals surface area contributed by atoms with Crippen LogP contribution in [0.1, 0.15) is 11.1 Å². The summed E-state index contributed by atoms with van der Waals surface area (Å²) in [5.74, 6) is -0.0827. The van der Waals surface area contributed by atoms with Crippen LogP contribution in [0.5, 0.6) is 17.2 Å². The van der Waals surface area contributed by atoms with E-state index in [-0.39, 0.29) is 17.2 Å². The fourth-order valence-electron chi connectivity index (χ4n) is 4.07. The zero-order valence-electron chi connectivity index (χ0n) is 17.5. The van der Waals surface area contributed by atoms with Gasteiger partial charge in [-0.25, -0.2) is 0 Å². The lowest BCUT2D eigenvalue weighted by Crippen LogP contribution is -2.15. The van der Waals surface area contributed by atoms with Crippen LogP contribution < -0.4 is 5.32 Å². The average Bonchev–Trinajstić information content (AvgIpc) is 3.30. The highest BCUT2D eigenvalue weighted by atomic mass is 16.3. The maximum Gasteiger partial charge on any atom is 0.167 e. The highest BCUT2D eigenvalue weighted by Crippen LogP contribution is 2.44. The van der Waals surface area contributed by atoms with Crippen LogP contribution in [0.3, 0.4) is 0 Å². The van der Waals surface area contributed by atoms with E-state index in [1.54, 1.807) is 6.07 Å². The molecule has 0 bridgehead atoms. The molecule has 4 rings (SSSR count). The van der Waals surface area contributed by atoms with Crippen molar-refractivity contribution in [1.82, 2.24) is 20.2 Å². The van der Waals surface area contributed by atoms with E-state index >= 15 is 0 Å². The minimum absolute atomic E-state index is 0.138. The summed E-state index contributed by atoms with van der Waals surface area (Å²) < 4.78 is 0. The molecule has 0 amide bonds. The summed E-state index contributed by atoms with van der Waals surface area (Å²) in [6, 6.07) is 7.07. The summed E-state index contributed by atoms with van der Waals surface area (Å²) >= 11 is 0. The number of rotatable bonds is 7. The zero-order chi connectivity index (χ0) is 21.4. The second-order valence-electron chi connectivity index (χ2n) is 7.94. The normalized spacial score (nSPS) is 11.9. The molecule has 0 saturated heterocycles. The quantitative estimate of drug-likeness (QED) is 0.263. The predicted octanol–water partition coefficient (Wildman–Crippen LogP) is 3.30. The van der Waals surface area contributed by atoms with Gasteiger partial charge in [-0.2, -0.15) is 0 Å². The largest absolute Gasteiger partial charge is 0.507 e. The minimum Gasteiger partial charge on any atom is -0.507 e. The van der Waals surface area contributed by atoms with Gasteiger partial charge in [-0.1, -0.05) is 0 Å². The van der Waals surface area contributed by atoms with Crippen LogP contribution >= 0.6 is 0 Å². The van der Waals surface area contributed by atoms with E-state index < -0.39 is 0 Å². The van der Waals surface area contributed by atoms with Crippen molar-refractivity contribution >= 4 is 21.8 Å². The topological polar surface area (TPSA) is 108 Å². The Hall–Kier alpha value is -3.16. The lowest BCUT2D eigenvalue weighted by atomic mass is 9.98. The van der Waals surface area contributed by atoms with Gasteiger partial charge in [0.2, 0.25) is 0 Å². The Balaban J connectivity index is 1.94. The van der Waals surface area contributed by atoms with Crippen molar-refractivity contribution in [2.75, 3.05) is 34.2 Å². The highest BCUT2D eigenvalue weighted by Gasteiger charge is 2.22. The summed E-state index contributed by atoms with van der Waals surface area (Å²) in [6.07, 6.45) is 3.38. The zero-order valence-corrected chi connectivity index (χ0v) is 17.5. The third-order valence-electron chi connectivity index (χ3n) is 5.64. The van der Waals surface area contributed by atoms with Gasteiger partial charge in [0.25, 0.3) is 0 Å². The van der Waals surface area contributed by atoms with Gasteiger partial charge in [-0.05, 0) is 75.9 Å². The summed E-state index contributed by atoms with van der Waals surface area (Å²) in [5, 5.41) is 36.4. The average molecular weight is 409 g/mol. The molecule has 0 aliphatic carbocycles.